The molecular weight excluding hydrogens is 240 g/mol. The van der Waals surface area contributed by atoms with Gasteiger partial charge in [-0.3, -0.25) is 9.67 Å². The summed E-state index contributed by atoms with van der Waals surface area (Å²) in [6, 6.07) is 6.26. The molecule has 2 aromatic rings. The molecule has 0 saturated heterocycles. The Labute approximate surface area is 113 Å². The van der Waals surface area contributed by atoms with Crippen molar-refractivity contribution in [3.63, 3.8) is 0 Å². The molecule has 2 heterocycles. The molecule has 102 valence electrons. The van der Waals surface area contributed by atoms with E-state index in [0.29, 0.717) is 12.6 Å². The Morgan fingerprint density at radius 1 is 1.37 bits per heavy atom. The van der Waals surface area contributed by atoms with E-state index in [2.05, 4.69) is 29.2 Å². The largest absolute Gasteiger partial charge is 0.489 e. The van der Waals surface area contributed by atoms with Gasteiger partial charge >= 0.3 is 0 Å². The van der Waals surface area contributed by atoms with Gasteiger partial charge in [-0.1, -0.05) is 6.07 Å². The van der Waals surface area contributed by atoms with Crippen LogP contribution in [0.1, 0.15) is 25.6 Å². The van der Waals surface area contributed by atoms with Gasteiger partial charge in [0.1, 0.15) is 6.61 Å². The zero-order valence-electron chi connectivity index (χ0n) is 11.4. The van der Waals surface area contributed by atoms with Crippen LogP contribution < -0.4 is 10.1 Å². The molecule has 0 bridgehead atoms. The average molecular weight is 260 g/mol. The molecule has 0 aliphatic rings. The Hall–Kier alpha value is -1.88. The number of hydrogen-bond donors (Lipinski definition) is 1. The van der Waals surface area contributed by atoms with E-state index in [4.69, 9.17) is 4.74 Å². The van der Waals surface area contributed by atoms with E-state index < -0.39 is 0 Å². The third-order valence-corrected chi connectivity index (χ3v) is 2.69. The van der Waals surface area contributed by atoms with Crippen molar-refractivity contribution in [3.8, 4) is 5.75 Å². The average Bonchev–Trinajstić information content (AvgIpc) is 2.89. The van der Waals surface area contributed by atoms with Gasteiger partial charge in [-0.15, -0.1) is 0 Å². The molecule has 0 aliphatic carbocycles. The predicted molar refractivity (Wildman–Crippen MR) is 74.1 cm³/mol. The molecule has 0 aliphatic heterocycles. The van der Waals surface area contributed by atoms with Crippen LogP contribution in [0.2, 0.25) is 0 Å². The van der Waals surface area contributed by atoms with Crippen molar-refractivity contribution < 1.29 is 4.74 Å². The van der Waals surface area contributed by atoms with Crippen LogP contribution in [0.25, 0.3) is 0 Å². The lowest BCUT2D eigenvalue weighted by atomic mass is 10.3. The summed E-state index contributed by atoms with van der Waals surface area (Å²) >= 11 is 0. The first-order valence-electron chi connectivity index (χ1n) is 6.53. The molecule has 0 saturated carbocycles. The smallest absolute Gasteiger partial charge is 0.157 e. The first-order valence-corrected chi connectivity index (χ1v) is 6.53. The van der Waals surface area contributed by atoms with Crippen LogP contribution in [0.4, 0.5) is 0 Å². The zero-order chi connectivity index (χ0) is 13.5. The molecule has 5 nitrogen and oxygen atoms in total. The number of hydrogen-bond acceptors (Lipinski definition) is 4. The molecule has 0 aromatic carbocycles. The van der Waals surface area contributed by atoms with Gasteiger partial charge in [0.05, 0.1) is 18.1 Å². The van der Waals surface area contributed by atoms with Gasteiger partial charge in [0, 0.05) is 25.3 Å². The normalized spacial score (nSPS) is 10.9. The van der Waals surface area contributed by atoms with Crippen molar-refractivity contribution in [3.05, 3.63) is 42.5 Å². The quantitative estimate of drug-likeness (QED) is 0.774. The second-order valence-electron chi connectivity index (χ2n) is 4.60. The minimum absolute atomic E-state index is 0.361. The Morgan fingerprint density at radius 2 is 2.26 bits per heavy atom. The molecule has 0 atom stereocenters. The zero-order valence-corrected chi connectivity index (χ0v) is 11.4. The van der Waals surface area contributed by atoms with Gasteiger partial charge in [0.15, 0.2) is 5.75 Å². The first-order chi connectivity index (χ1) is 9.25. The second kappa shape index (κ2) is 6.89. The summed E-state index contributed by atoms with van der Waals surface area (Å²) in [5, 5.41) is 7.51. The van der Waals surface area contributed by atoms with Crippen molar-refractivity contribution >= 4 is 0 Å². The summed E-state index contributed by atoms with van der Waals surface area (Å²) in [5.41, 5.74) is 1.04. The van der Waals surface area contributed by atoms with E-state index in [1.807, 2.05) is 29.1 Å². The summed E-state index contributed by atoms with van der Waals surface area (Å²) in [6.45, 7) is 6.34. The third-order valence-electron chi connectivity index (χ3n) is 2.69. The minimum Gasteiger partial charge on any atom is -0.489 e. The monoisotopic (exact) mass is 260 g/mol. The maximum Gasteiger partial charge on any atom is 0.157 e. The molecule has 19 heavy (non-hydrogen) atoms. The lowest BCUT2D eigenvalue weighted by Crippen LogP contribution is -2.20. The summed E-state index contributed by atoms with van der Waals surface area (Å²) in [7, 11) is 0. The standard InChI is InChI=1S/C14H20N4O/c1-12(2)18-11-14(10-17-18)19-8-7-15-9-13-5-3-4-6-16-13/h3-6,10-12,15H,7-9H2,1-2H3. The molecule has 0 unspecified atom stereocenters. The van der Waals surface area contributed by atoms with Gasteiger partial charge < -0.3 is 10.1 Å². The van der Waals surface area contributed by atoms with Crippen LogP contribution >= 0.6 is 0 Å². The topological polar surface area (TPSA) is 52.0 Å². The van der Waals surface area contributed by atoms with Crippen LogP contribution in [0.3, 0.4) is 0 Å². The minimum atomic E-state index is 0.361. The third kappa shape index (κ3) is 4.37. The van der Waals surface area contributed by atoms with Crippen LogP contribution in [-0.2, 0) is 6.54 Å². The maximum atomic E-state index is 5.61. The summed E-state index contributed by atoms with van der Waals surface area (Å²) in [5.74, 6) is 0.813. The van der Waals surface area contributed by atoms with Crippen molar-refractivity contribution in [1.82, 2.24) is 20.1 Å². The number of aromatic nitrogens is 3. The van der Waals surface area contributed by atoms with Crippen LogP contribution in [0, 0.1) is 0 Å². The molecule has 1 N–H and O–H groups in total. The number of nitrogens with zero attached hydrogens (tertiary/aromatic N) is 3. The highest BCUT2D eigenvalue weighted by atomic mass is 16.5. The van der Waals surface area contributed by atoms with Crippen molar-refractivity contribution in [2.45, 2.75) is 26.4 Å². The molecule has 0 amide bonds. The fourth-order valence-corrected chi connectivity index (χ4v) is 1.64. The van der Waals surface area contributed by atoms with Gasteiger partial charge in [-0.25, -0.2) is 0 Å². The van der Waals surface area contributed by atoms with E-state index >= 15 is 0 Å². The number of pyridine rings is 1. The van der Waals surface area contributed by atoms with Crippen LogP contribution in [-0.4, -0.2) is 27.9 Å². The second-order valence-corrected chi connectivity index (χ2v) is 4.60. The first kappa shape index (κ1) is 13.5. The molecule has 5 heteroatoms. The predicted octanol–water partition coefficient (Wildman–Crippen LogP) is 2.03. The number of nitrogens with one attached hydrogen (secondary N) is 1. The van der Waals surface area contributed by atoms with E-state index in [0.717, 1.165) is 24.5 Å². The molecular formula is C14H20N4O. The Bertz CT molecular complexity index is 481. The van der Waals surface area contributed by atoms with Gasteiger partial charge in [0.25, 0.3) is 0 Å². The van der Waals surface area contributed by atoms with Gasteiger partial charge in [-0.05, 0) is 26.0 Å². The van der Waals surface area contributed by atoms with E-state index in [1.165, 1.54) is 0 Å². The van der Waals surface area contributed by atoms with E-state index in [-0.39, 0.29) is 0 Å². The van der Waals surface area contributed by atoms with E-state index in [1.54, 1.807) is 12.4 Å². The van der Waals surface area contributed by atoms with Gasteiger partial charge in [-0.2, -0.15) is 5.10 Å². The molecule has 0 fully saturated rings. The maximum absolute atomic E-state index is 5.61. The van der Waals surface area contributed by atoms with Crippen molar-refractivity contribution in [2.24, 2.45) is 0 Å². The SMILES string of the molecule is CC(C)n1cc(OCCNCc2ccccn2)cn1. The molecule has 2 rings (SSSR count). The van der Waals surface area contributed by atoms with Gasteiger partial charge in [0.2, 0.25) is 0 Å². The highest BCUT2D eigenvalue weighted by Crippen LogP contribution is 2.11. The molecule has 0 radical (unpaired) electrons. The number of ether oxygens (including phenoxy) is 1. The lowest BCUT2D eigenvalue weighted by molar-refractivity contribution is 0.312. The fraction of sp³-hybridized carbons (Fsp3) is 0.429. The molecule has 2 aromatic heterocycles. The summed E-state index contributed by atoms with van der Waals surface area (Å²) in [4.78, 5) is 4.24. The van der Waals surface area contributed by atoms with Crippen LogP contribution in [0.5, 0.6) is 5.75 Å². The van der Waals surface area contributed by atoms with E-state index in [9.17, 15) is 0 Å². The highest BCUT2D eigenvalue weighted by Gasteiger charge is 2.01. The fourth-order valence-electron chi connectivity index (χ4n) is 1.64. The number of rotatable bonds is 7. The van der Waals surface area contributed by atoms with Crippen molar-refractivity contribution in [1.29, 1.82) is 0 Å². The summed E-state index contributed by atoms with van der Waals surface area (Å²) < 4.78 is 7.49. The lowest BCUT2D eigenvalue weighted by Gasteiger charge is -2.06. The van der Waals surface area contributed by atoms with Crippen LogP contribution in [0.15, 0.2) is 36.8 Å². The summed E-state index contributed by atoms with van der Waals surface area (Å²) in [6.07, 6.45) is 5.47. The highest BCUT2D eigenvalue weighted by molar-refractivity contribution is 5.12. The Kier molecular flexibility index (Phi) is 4.92. The molecule has 0 spiro atoms. The van der Waals surface area contributed by atoms with Crippen molar-refractivity contribution in [2.75, 3.05) is 13.2 Å². The Balaban J connectivity index is 1.64. The Morgan fingerprint density at radius 3 is 2.95 bits per heavy atom.